The Morgan fingerprint density at radius 3 is 2.39 bits per heavy atom. The number of carbonyl (C=O) groups is 1. The number of ketones is 1. The summed E-state index contributed by atoms with van der Waals surface area (Å²) in [5.74, 6) is 2.06. The van der Waals surface area contributed by atoms with Crippen LogP contribution < -0.4 is 0 Å². The van der Waals surface area contributed by atoms with Crippen LogP contribution >= 0.6 is 11.5 Å². The van der Waals surface area contributed by atoms with Crippen LogP contribution in [0, 0.1) is 17.8 Å². The van der Waals surface area contributed by atoms with E-state index in [9.17, 15) is 4.79 Å². The van der Waals surface area contributed by atoms with E-state index in [1.807, 2.05) is 0 Å². The van der Waals surface area contributed by atoms with Gasteiger partial charge in [0.2, 0.25) is 0 Å². The summed E-state index contributed by atoms with van der Waals surface area (Å²) in [6.07, 6.45) is 3.30. The van der Waals surface area contributed by atoms with Gasteiger partial charge in [0.1, 0.15) is 4.88 Å². The van der Waals surface area contributed by atoms with Crippen molar-refractivity contribution in [3.8, 4) is 0 Å². The summed E-state index contributed by atoms with van der Waals surface area (Å²) in [6, 6.07) is 0. The molecule has 2 atom stereocenters. The lowest BCUT2D eigenvalue weighted by Gasteiger charge is -2.30. The van der Waals surface area contributed by atoms with Gasteiger partial charge < -0.3 is 0 Å². The third kappa shape index (κ3) is 2.79. The van der Waals surface area contributed by atoms with Crippen LogP contribution in [0.5, 0.6) is 0 Å². The van der Waals surface area contributed by atoms with Crippen LogP contribution in [0.3, 0.4) is 0 Å². The fraction of sp³-hybridized carbons (Fsp3) is 0.786. The molecule has 1 fully saturated rings. The van der Waals surface area contributed by atoms with Gasteiger partial charge in [-0.1, -0.05) is 32.2 Å². The number of rotatable bonds is 3. The molecule has 0 bridgehead atoms. The summed E-state index contributed by atoms with van der Waals surface area (Å²) in [5, 5.41) is 4.12. The Bertz CT molecular complexity index is 417. The summed E-state index contributed by atoms with van der Waals surface area (Å²) in [7, 11) is 0. The molecule has 1 saturated carbocycles. The van der Waals surface area contributed by atoms with Crippen molar-refractivity contribution in [2.75, 3.05) is 0 Å². The largest absolute Gasteiger partial charge is 0.293 e. The van der Waals surface area contributed by atoms with Crippen molar-refractivity contribution in [1.82, 2.24) is 9.59 Å². The molecule has 4 heteroatoms. The highest BCUT2D eigenvalue weighted by Crippen LogP contribution is 2.36. The molecule has 18 heavy (non-hydrogen) atoms. The molecule has 2 rings (SSSR count). The maximum absolute atomic E-state index is 12.6. The first-order valence-electron chi connectivity index (χ1n) is 6.85. The van der Waals surface area contributed by atoms with E-state index in [0.29, 0.717) is 11.8 Å². The van der Waals surface area contributed by atoms with E-state index in [-0.39, 0.29) is 17.6 Å². The Morgan fingerprint density at radius 2 is 1.83 bits per heavy atom. The smallest absolute Gasteiger partial charge is 0.179 e. The molecule has 1 aliphatic carbocycles. The van der Waals surface area contributed by atoms with E-state index >= 15 is 0 Å². The molecule has 0 amide bonds. The van der Waals surface area contributed by atoms with Gasteiger partial charge in [-0.2, -0.15) is 0 Å². The second-order valence-corrected chi connectivity index (χ2v) is 6.87. The Kier molecular flexibility index (Phi) is 4.15. The lowest BCUT2D eigenvalue weighted by molar-refractivity contribution is 0.0839. The minimum Gasteiger partial charge on any atom is -0.293 e. The van der Waals surface area contributed by atoms with Gasteiger partial charge in [0, 0.05) is 5.92 Å². The van der Waals surface area contributed by atoms with Crippen LogP contribution in [0.25, 0.3) is 0 Å². The van der Waals surface area contributed by atoms with E-state index in [2.05, 4.69) is 37.3 Å². The molecule has 100 valence electrons. The molecule has 0 saturated heterocycles. The van der Waals surface area contributed by atoms with Crippen molar-refractivity contribution in [3.05, 3.63) is 10.6 Å². The first-order valence-corrected chi connectivity index (χ1v) is 7.62. The van der Waals surface area contributed by atoms with E-state index in [1.54, 1.807) is 0 Å². The van der Waals surface area contributed by atoms with E-state index < -0.39 is 0 Å². The van der Waals surface area contributed by atoms with Crippen LogP contribution in [0.15, 0.2) is 0 Å². The van der Waals surface area contributed by atoms with E-state index in [4.69, 9.17) is 0 Å². The molecule has 3 nitrogen and oxygen atoms in total. The fourth-order valence-electron chi connectivity index (χ4n) is 3.09. The number of hydrogen-bond acceptors (Lipinski definition) is 4. The highest BCUT2D eigenvalue weighted by atomic mass is 32.1. The average Bonchev–Trinajstić information content (AvgIpc) is 2.75. The van der Waals surface area contributed by atoms with Crippen molar-refractivity contribution in [2.24, 2.45) is 17.8 Å². The molecular formula is C14H22N2OS. The third-order valence-corrected chi connectivity index (χ3v) is 4.59. The van der Waals surface area contributed by atoms with Crippen molar-refractivity contribution in [3.63, 3.8) is 0 Å². The Morgan fingerprint density at radius 1 is 1.22 bits per heavy atom. The number of aromatic nitrogens is 2. The van der Waals surface area contributed by atoms with Gasteiger partial charge in [0.15, 0.2) is 5.78 Å². The summed E-state index contributed by atoms with van der Waals surface area (Å²) in [4.78, 5) is 13.4. The zero-order valence-electron chi connectivity index (χ0n) is 11.6. The summed E-state index contributed by atoms with van der Waals surface area (Å²) in [6.45, 7) is 8.65. The first-order chi connectivity index (χ1) is 8.49. The minimum atomic E-state index is 0.184. The maximum Gasteiger partial charge on any atom is 0.179 e. The van der Waals surface area contributed by atoms with Crippen molar-refractivity contribution >= 4 is 17.3 Å². The van der Waals surface area contributed by atoms with Crippen molar-refractivity contribution < 1.29 is 4.79 Å². The molecule has 1 aromatic heterocycles. The molecule has 1 aromatic rings. The van der Waals surface area contributed by atoms with Gasteiger partial charge in [-0.25, -0.2) is 0 Å². The number of hydrogen-bond donors (Lipinski definition) is 0. The second-order valence-electron chi connectivity index (χ2n) is 6.12. The van der Waals surface area contributed by atoms with Gasteiger partial charge in [0.05, 0.1) is 5.69 Å². The monoisotopic (exact) mass is 266 g/mol. The molecule has 1 aliphatic rings. The maximum atomic E-state index is 12.6. The summed E-state index contributed by atoms with van der Waals surface area (Å²) < 4.78 is 3.97. The van der Waals surface area contributed by atoms with Crippen LogP contribution in [-0.4, -0.2) is 15.4 Å². The lowest BCUT2D eigenvalue weighted by Crippen LogP contribution is -2.26. The molecule has 0 radical (unpaired) electrons. The summed E-state index contributed by atoms with van der Waals surface area (Å²) in [5.41, 5.74) is 0.885. The van der Waals surface area contributed by atoms with Gasteiger partial charge in [-0.15, -0.1) is 5.10 Å². The average molecular weight is 266 g/mol. The highest BCUT2D eigenvalue weighted by Gasteiger charge is 2.32. The number of carbonyl (C=O) groups excluding carboxylic acids is 1. The van der Waals surface area contributed by atoms with Crippen LogP contribution in [0.1, 0.15) is 68.2 Å². The Labute approximate surface area is 113 Å². The first kappa shape index (κ1) is 13.7. The third-order valence-electron chi connectivity index (χ3n) is 3.83. The van der Waals surface area contributed by atoms with Crippen LogP contribution in [0.4, 0.5) is 0 Å². The highest BCUT2D eigenvalue weighted by molar-refractivity contribution is 7.08. The zero-order valence-corrected chi connectivity index (χ0v) is 12.5. The van der Waals surface area contributed by atoms with Crippen molar-refractivity contribution in [2.45, 2.75) is 52.9 Å². The number of Topliss-reactive ketones (excluding diaryl/α,β-unsaturated/α-hetero) is 1. The second kappa shape index (κ2) is 5.47. The van der Waals surface area contributed by atoms with Crippen LogP contribution in [0.2, 0.25) is 0 Å². The molecule has 0 N–H and O–H groups in total. The molecule has 1 heterocycles. The standard InChI is InChI=1S/C14H22N2OS/c1-8(2)12-14(18-16-15-12)13(17)11-6-9(3)5-10(4)7-11/h8-11H,5-7H2,1-4H3. The predicted octanol–water partition coefficient (Wildman–Crippen LogP) is 3.92. The minimum absolute atomic E-state index is 0.184. The summed E-state index contributed by atoms with van der Waals surface area (Å²) >= 11 is 1.27. The SMILES string of the molecule is CC1CC(C)CC(C(=O)c2snnc2C(C)C)C1. The van der Waals surface area contributed by atoms with Gasteiger partial charge in [-0.3, -0.25) is 4.79 Å². The molecule has 0 aromatic carbocycles. The molecule has 0 aliphatic heterocycles. The predicted molar refractivity (Wildman–Crippen MR) is 74.0 cm³/mol. The molecular weight excluding hydrogens is 244 g/mol. The fourth-order valence-corrected chi connectivity index (χ4v) is 3.93. The topological polar surface area (TPSA) is 42.9 Å². The lowest BCUT2D eigenvalue weighted by atomic mass is 9.74. The quantitative estimate of drug-likeness (QED) is 0.779. The normalized spacial score (nSPS) is 28.6. The van der Waals surface area contributed by atoms with E-state index in [1.165, 1.54) is 18.0 Å². The van der Waals surface area contributed by atoms with Gasteiger partial charge in [-0.05, 0) is 48.5 Å². The molecule has 0 spiro atoms. The Hall–Kier alpha value is -0.770. The molecule has 2 unspecified atom stereocenters. The van der Waals surface area contributed by atoms with Crippen molar-refractivity contribution in [1.29, 1.82) is 0 Å². The number of nitrogens with zero attached hydrogens (tertiary/aromatic N) is 2. The van der Waals surface area contributed by atoms with Gasteiger partial charge in [0.25, 0.3) is 0 Å². The van der Waals surface area contributed by atoms with Gasteiger partial charge >= 0.3 is 0 Å². The van der Waals surface area contributed by atoms with E-state index in [0.717, 1.165) is 23.4 Å². The zero-order chi connectivity index (χ0) is 13.3. The Balaban J connectivity index is 2.18. The van der Waals surface area contributed by atoms with Crippen LogP contribution in [-0.2, 0) is 0 Å².